The van der Waals surface area contributed by atoms with Crippen LogP contribution >= 0.6 is 15.9 Å². The molecule has 1 unspecified atom stereocenters. The highest BCUT2D eigenvalue weighted by molar-refractivity contribution is 9.10. The number of aromatic nitrogens is 2. The van der Waals surface area contributed by atoms with Crippen LogP contribution in [0.15, 0.2) is 29.0 Å². The van der Waals surface area contributed by atoms with Gasteiger partial charge in [-0.15, -0.1) is 0 Å². The Morgan fingerprint density at radius 1 is 1.43 bits per heavy atom. The lowest BCUT2D eigenvalue weighted by Gasteiger charge is -2.31. The highest BCUT2D eigenvalue weighted by atomic mass is 79.9. The van der Waals surface area contributed by atoms with Crippen LogP contribution in [-0.4, -0.2) is 36.1 Å². The molecule has 2 aromatic rings. The molecule has 1 atom stereocenters. The van der Waals surface area contributed by atoms with Gasteiger partial charge in [0.15, 0.2) is 0 Å². The summed E-state index contributed by atoms with van der Waals surface area (Å²) >= 11 is 3.47. The second kappa shape index (κ2) is 6.71. The van der Waals surface area contributed by atoms with Crippen molar-refractivity contribution in [2.24, 2.45) is 5.92 Å². The molecule has 3 rings (SSSR count). The number of piperidine rings is 1. The first-order valence-corrected chi connectivity index (χ1v) is 8.43. The van der Waals surface area contributed by atoms with Gasteiger partial charge in [0, 0.05) is 30.0 Å². The van der Waals surface area contributed by atoms with Gasteiger partial charge in [-0.1, -0.05) is 0 Å². The summed E-state index contributed by atoms with van der Waals surface area (Å²) in [6.07, 6.45) is 6.33. The van der Waals surface area contributed by atoms with Gasteiger partial charge in [0.1, 0.15) is 5.52 Å². The van der Waals surface area contributed by atoms with Crippen LogP contribution in [0.1, 0.15) is 19.8 Å². The first-order valence-electron chi connectivity index (χ1n) is 7.64. The van der Waals surface area contributed by atoms with Crippen molar-refractivity contribution in [2.45, 2.75) is 19.8 Å². The molecular formula is C16H21BrN4. The number of rotatable bonds is 4. The zero-order chi connectivity index (χ0) is 14.7. The van der Waals surface area contributed by atoms with Gasteiger partial charge < -0.3 is 10.2 Å². The fourth-order valence-electron chi connectivity index (χ4n) is 3.04. The third kappa shape index (κ3) is 3.35. The zero-order valence-electron chi connectivity index (χ0n) is 12.3. The second-order valence-electron chi connectivity index (χ2n) is 5.60. The number of nitrogens with one attached hydrogen (secondary N) is 1. The topological polar surface area (TPSA) is 41.0 Å². The van der Waals surface area contributed by atoms with Crippen LogP contribution < -0.4 is 10.2 Å². The van der Waals surface area contributed by atoms with Crippen molar-refractivity contribution in [3.8, 4) is 0 Å². The van der Waals surface area contributed by atoms with Gasteiger partial charge in [-0.3, -0.25) is 9.97 Å². The molecule has 4 nitrogen and oxygen atoms in total. The number of fused-ring (bicyclic) bond motifs is 1. The Hall–Kier alpha value is -1.20. The van der Waals surface area contributed by atoms with Gasteiger partial charge in [-0.2, -0.15) is 0 Å². The molecule has 0 radical (unpaired) electrons. The minimum Gasteiger partial charge on any atom is -0.370 e. The molecule has 0 amide bonds. The summed E-state index contributed by atoms with van der Waals surface area (Å²) in [7, 11) is 0. The van der Waals surface area contributed by atoms with Crippen LogP contribution in [0, 0.1) is 5.92 Å². The van der Waals surface area contributed by atoms with Gasteiger partial charge in [0.05, 0.1) is 11.2 Å². The monoisotopic (exact) mass is 348 g/mol. The molecule has 0 aliphatic carbocycles. The molecule has 2 aromatic heterocycles. The van der Waals surface area contributed by atoms with Crippen molar-refractivity contribution >= 4 is 32.7 Å². The van der Waals surface area contributed by atoms with Crippen LogP contribution in [0.3, 0.4) is 0 Å². The first kappa shape index (κ1) is 14.7. The summed E-state index contributed by atoms with van der Waals surface area (Å²) in [6.45, 7) is 6.57. The largest absolute Gasteiger partial charge is 0.370 e. The van der Waals surface area contributed by atoms with Crippen molar-refractivity contribution in [3.63, 3.8) is 0 Å². The summed E-state index contributed by atoms with van der Waals surface area (Å²) in [5.41, 5.74) is 3.13. The van der Waals surface area contributed by atoms with Gasteiger partial charge in [0.2, 0.25) is 0 Å². The van der Waals surface area contributed by atoms with Crippen molar-refractivity contribution in [1.82, 2.24) is 15.3 Å². The molecule has 1 N–H and O–H groups in total. The van der Waals surface area contributed by atoms with Crippen LogP contribution in [-0.2, 0) is 0 Å². The van der Waals surface area contributed by atoms with Crippen LogP contribution in [0.5, 0.6) is 0 Å². The predicted molar refractivity (Wildman–Crippen MR) is 90.7 cm³/mol. The molecule has 0 saturated carbocycles. The van der Waals surface area contributed by atoms with E-state index in [-0.39, 0.29) is 0 Å². The van der Waals surface area contributed by atoms with Crippen LogP contribution in [0.2, 0.25) is 0 Å². The third-order valence-corrected chi connectivity index (χ3v) is 4.56. The smallest absolute Gasteiger partial charge is 0.112 e. The summed E-state index contributed by atoms with van der Waals surface area (Å²) in [5.74, 6) is 0.720. The Morgan fingerprint density at radius 2 is 2.33 bits per heavy atom. The van der Waals surface area contributed by atoms with Gasteiger partial charge in [-0.05, 0) is 66.8 Å². The van der Waals surface area contributed by atoms with E-state index in [1.165, 1.54) is 18.5 Å². The molecule has 5 heteroatoms. The maximum Gasteiger partial charge on any atom is 0.112 e. The van der Waals surface area contributed by atoms with E-state index in [9.17, 15) is 0 Å². The number of hydrogen-bond donors (Lipinski definition) is 1. The molecular weight excluding hydrogens is 328 g/mol. The lowest BCUT2D eigenvalue weighted by molar-refractivity contribution is 0.378. The second-order valence-corrected chi connectivity index (χ2v) is 6.52. The molecule has 1 aliphatic rings. The summed E-state index contributed by atoms with van der Waals surface area (Å²) < 4.78 is 0.971. The molecule has 3 heterocycles. The quantitative estimate of drug-likeness (QED) is 0.920. The first-order chi connectivity index (χ1) is 10.3. The number of hydrogen-bond acceptors (Lipinski definition) is 4. The highest BCUT2D eigenvalue weighted by Gasteiger charge is 2.18. The van der Waals surface area contributed by atoms with E-state index in [2.05, 4.69) is 49.1 Å². The number of halogens is 1. The molecule has 0 bridgehead atoms. The molecule has 0 spiro atoms. The van der Waals surface area contributed by atoms with Crippen molar-refractivity contribution in [2.75, 3.05) is 31.1 Å². The van der Waals surface area contributed by atoms with E-state index in [1.54, 1.807) is 0 Å². The summed E-state index contributed by atoms with van der Waals surface area (Å²) in [5, 5.41) is 3.50. The molecule has 1 fully saturated rings. The Balaban J connectivity index is 1.89. The highest BCUT2D eigenvalue weighted by Crippen LogP contribution is 2.26. The van der Waals surface area contributed by atoms with Gasteiger partial charge >= 0.3 is 0 Å². The van der Waals surface area contributed by atoms with Crippen molar-refractivity contribution < 1.29 is 0 Å². The Labute approximate surface area is 134 Å². The minimum atomic E-state index is 0.720. The molecule has 0 aromatic carbocycles. The zero-order valence-corrected chi connectivity index (χ0v) is 13.9. The minimum absolute atomic E-state index is 0.720. The van der Waals surface area contributed by atoms with E-state index in [1.807, 2.05) is 18.5 Å². The standard InChI is InChI=1S/C16H21BrN4/c1-2-21(11-12-4-3-6-18-9-12)15-5-7-19-14-8-13(17)10-20-16(14)15/h5,7-8,10,12,18H,2-4,6,9,11H2,1H3. The summed E-state index contributed by atoms with van der Waals surface area (Å²) in [4.78, 5) is 11.4. The third-order valence-electron chi connectivity index (χ3n) is 4.12. The fourth-order valence-corrected chi connectivity index (χ4v) is 3.36. The Bertz CT molecular complexity index is 610. The van der Waals surface area contributed by atoms with Crippen LogP contribution in [0.4, 0.5) is 5.69 Å². The number of pyridine rings is 2. The lowest BCUT2D eigenvalue weighted by Crippen LogP contribution is -2.38. The summed E-state index contributed by atoms with van der Waals surface area (Å²) in [6, 6.07) is 4.12. The maximum atomic E-state index is 4.58. The normalized spacial score (nSPS) is 18.9. The van der Waals surface area contributed by atoms with Crippen molar-refractivity contribution in [1.29, 1.82) is 0 Å². The van der Waals surface area contributed by atoms with Gasteiger partial charge in [0.25, 0.3) is 0 Å². The number of anilines is 1. The fraction of sp³-hybridized carbons (Fsp3) is 0.500. The SMILES string of the molecule is CCN(CC1CCCNC1)c1ccnc2cc(Br)cnc12. The average molecular weight is 349 g/mol. The molecule has 112 valence electrons. The molecule has 1 aliphatic heterocycles. The van der Waals surface area contributed by atoms with E-state index in [0.29, 0.717) is 0 Å². The van der Waals surface area contributed by atoms with E-state index in [4.69, 9.17) is 0 Å². The van der Waals surface area contributed by atoms with Crippen molar-refractivity contribution in [3.05, 3.63) is 29.0 Å². The Morgan fingerprint density at radius 3 is 3.10 bits per heavy atom. The van der Waals surface area contributed by atoms with E-state index in [0.717, 1.165) is 47.6 Å². The van der Waals surface area contributed by atoms with E-state index >= 15 is 0 Å². The lowest BCUT2D eigenvalue weighted by atomic mass is 9.99. The van der Waals surface area contributed by atoms with Gasteiger partial charge in [-0.25, -0.2) is 0 Å². The molecule has 21 heavy (non-hydrogen) atoms. The Kier molecular flexibility index (Phi) is 4.70. The maximum absolute atomic E-state index is 4.58. The molecule has 1 saturated heterocycles. The van der Waals surface area contributed by atoms with E-state index < -0.39 is 0 Å². The average Bonchev–Trinajstić information content (AvgIpc) is 2.53. The number of nitrogens with zero attached hydrogens (tertiary/aromatic N) is 3. The van der Waals surface area contributed by atoms with Crippen LogP contribution in [0.25, 0.3) is 11.0 Å². The predicted octanol–water partition coefficient (Wildman–Crippen LogP) is 3.22.